The van der Waals surface area contributed by atoms with Gasteiger partial charge >= 0.3 is 0 Å². The molecule has 14 heavy (non-hydrogen) atoms. The Morgan fingerprint density at radius 3 is 3.00 bits per heavy atom. The first-order valence-corrected chi connectivity index (χ1v) is 5.18. The Balaban J connectivity index is 2.06. The number of ether oxygens (including phenoxy) is 1. The lowest BCUT2D eigenvalue weighted by Crippen LogP contribution is -2.27. The topological polar surface area (TPSA) is 34.4 Å². The third-order valence-electron chi connectivity index (χ3n) is 2.59. The molecule has 1 aliphatic heterocycles. The van der Waals surface area contributed by atoms with Gasteiger partial charge in [0.05, 0.1) is 12.4 Å². The van der Waals surface area contributed by atoms with Gasteiger partial charge < -0.3 is 14.5 Å². The molecule has 0 saturated carbocycles. The SMILES string of the molecule is CC1CC(C)OC(c2ccco2)CN1. The van der Waals surface area contributed by atoms with Crippen LogP contribution in [0.3, 0.4) is 0 Å². The molecule has 1 aromatic heterocycles. The Morgan fingerprint density at radius 2 is 2.29 bits per heavy atom. The van der Waals surface area contributed by atoms with Gasteiger partial charge in [0.25, 0.3) is 0 Å². The molecule has 0 spiro atoms. The first-order valence-electron chi connectivity index (χ1n) is 5.18. The molecule has 0 amide bonds. The zero-order chi connectivity index (χ0) is 9.97. The van der Waals surface area contributed by atoms with Crippen LogP contribution >= 0.6 is 0 Å². The molecule has 0 bridgehead atoms. The third-order valence-corrected chi connectivity index (χ3v) is 2.59. The maximum absolute atomic E-state index is 5.87. The molecule has 2 rings (SSSR count). The van der Waals surface area contributed by atoms with Gasteiger partial charge in [-0.25, -0.2) is 0 Å². The highest BCUT2D eigenvalue weighted by Crippen LogP contribution is 2.23. The van der Waals surface area contributed by atoms with Crippen molar-refractivity contribution in [2.75, 3.05) is 6.54 Å². The highest BCUT2D eigenvalue weighted by Gasteiger charge is 2.23. The minimum absolute atomic E-state index is 0.0601. The number of furan rings is 1. The summed E-state index contributed by atoms with van der Waals surface area (Å²) in [6, 6.07) is 4.39. The molecule has 1 N–H and O–H groups in total. The second kappa shape index (κ2) is 4.15. The van der Waals surface area contributed by atoms with Crippen molar-refractivity contribution < 1.29 is 9.15 Å². The van der Waals surface area contributed by atoms with E-state index < -0.39 is 0 Å². The van der Waals surface area contributed by atoms with E-state index in [0.717, 1.165) is 18.7 Å². The van der Waals surface area contributed by atoms with Crippen molar-refractivity contribution in [2.24, 2.45) is 0 Å². The maximum atomic E-state index is 5.87. The van der Waals surface area contributed by atoms with Crippen molar-refractivity contribution >= 4 is 0 Å². The van der Waals surface area contributed by atoms with E-state index in [-0.39, 0.29) is 12.2 Å². The molecule has 3 nitrogen and oxygen atoms in total. The van der Waals surface area contributed by atoms with Crippen molar-refractivity contribution in [2.45, 2.75) is 38.5 Å². The zero-order valence-corrected chi connectivity index (χ0v) is 8.69. The van der Waals surface area contributed by atoms with Gasteiger partial charge in [-0.1, -0.05) is 0 Å². The quantitative estimate of drug-likeness (QED) is 0.745. The molecule has 0 radical (unpaired) electrons. The standard InChI is InChI=1S/C11H17NO2/c1-8-6-9(2)14-11(7-12-8)10-4-3-5-13-10/h3-5,8-9,11-12H,6-7H2,1-2H3. The number of nitrogens with one attached hydrogen (secondary N) is 1. The van der Waals surface area contributed by atoms with Gasteiger partial charge in [-0.3, -0.25) is 0 Å². The maximum Gasteiger partial charge on any atom is 0.133 e. The van der Waals surface area contributed by atoms with E-state index in [2.05, 4.69) is 19.2 Å². The zero-order valence-electron chi connectivity index (χ0n) is 8.69. The average Bonchev–Trinajstić information content (AvgIpc) is 2.59. The highest BCUT2D eigenvalue weighted by molar-refractivity contribution is 5.03. The normalized spacial score (nSPS) is 34.0. The summed E-state index contributed by atoms with van der Waals surface area (Å²) in [5, 5.41) is 3.43. The molecule has 2 heterocycles. The summed E-state index contributed by atoms with van der Waals surface area (Å²) < 4.78 is 11.2. The van der Waals surface area contributed by atoms with Crippen molar-refractivity contribution in [3.05, 3.63) is 24.2 Å². The molecule has 1 fully saturated rings. The number of hydrogen-bond donors (Lipinski definition) is 1. The molecule has 0 aromatic carbocycles. The van der Waals surface area contributed by atoms with Crippen LogP contribution in [-0.4, -0.2) is 18.7 Å². The molecule has 3 atom stereocenters. The second-order valence-electron chi connectivity index (χ2n) is 4.00. The minimum Gasteiger partial charge on any atom is -0.467 e. The fraction of sp³-hybridized carbons (Fsp3) is 0.636. The van der Waals surface area contributed by atoms with E-state index in [1.807, 2.05) is 12.1 Å². The Kier molecular flexibility index (Phi) is 2.89. The number of rotatable bonds is 1. The monoisotopic (exact) mass is 195 g/mol. The summed E-state index contributed by atoms with van der Waals surface area (Å²) in [6.07, 6.45) is 3.09. The first-order chi connectivity index (χ1) is 6.75. The van der Waals surface area contributed by atoms with Crippen LogP contribution in [0.2, 0.25) is 0 Å². The van der Waals surface area contributed by atoms with Crippen LogP contribution in [0.15, 0.2) is 22.8 Å². The van der Waals surface area contributed by atoms with E-state index in [1.165, 1.54) is 0 Å². The van der Waals surface area contributed by atoms with Crippen molar-refractivity contribution in [3.8, 4) is 0 Å². The van der Waals surface area contributed by atoms with Crippen LogP contribution in [0.25, 0.3) is 0 Å². The first kappa shape index (κ1) is 9.74. The van der Waals surface area contributed by atoms with Crippen LogP contribution in [0.4, 0.5) is 0 Å². The lowest BCUT2D eigenvalue weighted by molar-refractivity contribution is -0.00411. The van der Waals surface area contributed by atoms with E-state index in [1.54, 1.807) is 6.26 Å². The molecule has 3 unspecified atom stereocenters. The summed E-state index contributed by atoms with van der Waals surface area (Å²) in [6.45, 7) is 5.13. The predicted octanol–water partition coefficient (Wildman–Crippen LogP) is 2.11. The minimum atomic E-state index is 0.0601. The van der Waals surface area contributed by atoms with Crippen LogP contribution in [-0.2, 0) is 4.74 Å². The van der Waals surface area contributed by atoms with Crippen molar-refractivity contribution in [1.82, 2.24) is 5.32 Å². The summed E-state index contributed by atoms with van der Waals surface area (Å²) in [7, 11) is 0. The molecular weight excluding hydrogens is 178 g/mol. The van der Waals surface area contributed by atoms with Crippen LogP contribution in [0, 0.1) is 0 Å². The Hall–Kier alpha value is -0.800. The van der Waals surface area contributed by atoms with Crippen molar-refractivity contribution in [3.63, 3.8) is 0 Å². The van der Waals surface area contributed by atoms with Crippen LogP contribution in [0.5, 0.6) is 0 Å². The van der Waals surface area contributed by atoms with E-state index in [9.17, 15) is 0 Å². The Morgan fingerprint density at radius 1 is 1.43 bits per heavy atom. The highest BCUT2D eigenvalue weighted by atomic mass is 16.5. The van der Waals surface area contributed by atoms with Gasteiger partial charge in [-0.05, 0) is 32.4 Å². The summed E-state index contributed by atoms with van der Waals surface area (Å²) in [4.78, 5) is 0. The van der Waals surface area contributed by atoms with Crippen LogP contribution < -0.4 is 5.32 Å². The van der Waals surface area contributed by atoms with E-state index in [0.29, 0.717) is 6.04 Å². The predicted molar refractivity (Wildman–Crippen MR) is 54.1 cm³/mol. The molecule has 0 aliphatic carbocycles. The molecule has 1 saturated heterocycles. The largest absolute Gasteiger partial charge is 0.467 e. The van der Waals surface area contributed by atoms with Gasteiger partial charge in [-0.2, -0.15) is 0 Å². The fourth-order valence-corrected chi connectivity index (χ4v) is 1.92. The molecular formula is C11H17NO2. The second-order valence-corrected chi connectivity index (χ2v) is 4.00. The third kappa shape index (κ3) is 2.16. The van der Waals surface area contributed by atoms with Gasteiger partial charge in [0, 0.05) is 12.6 Å². The molecule has 3 heteroatoms. The molecule has 78 valence electrons. The van der Waals surface area contributed by atoms with E-state index in [4.69, 9.17) is 9.15 Å². The summed E-state index contributed by atoms with van der Waals surface area (Å²) in [5.41, 5.74) is 0. The summed E-state index contributed by atoms with van der Waals surface area (Å²) in [5.74, 6) is 0.915. The lowest BCUT2D eigenvalue weighted by Gasteiger charge is -2.15. The van der Waals surface area contributed by atoms with Crippen LogP contribution in [0.1, 0.15) is 32.1 Å². The average molecular weight is 195 g/mol. The lowest BCUT2D eigenvalue weighted by atomic mass is 10.2. The van der Waals surface area contributed by atoms with Gasteiger partial charge in [0.15, 0.2) is 0 Å². The Bertz CT molecular complexity index is 271. The fourth-order valence-electron chi connectivity index (χ4n) is 1.92. The van der Waals surface area contributed by atoms with Crippen molar-refractivity contribution in [1.29, 1.82) is 0 Å². The van der Waals surface area contributed by atoms with Gasteiger partial charge in [-0.15, -0.1) is 0 Å². The molecule has 1 aliphatic rings. The molecule has 1 aromatic rings. The smallest absolute Gasteiger partial charge is 0.133 e. The summed E-state index contributed by atoms with van der Waals surface area (Å²) >= 11 is 0. The number of hydrogen-bond acceptors (Lipinski definition) is 3. The van der Waals surface area contributed by atoms with E-state index >= 15 is 0 Å². The van der Waals surface area contributed by atoms with Gasteiger partial charge in [0.2, 0.25) is 0 Å². The van der Waals surface area contributed by atoms with Gasteiger partial charge in [0.1, 0.15) is 11.9 Å². The Labute approximate surface area is 84.4 Å².